The molecular weight excluding hydrogens is 458 g/mol. The summed E-state index contributed by atoms with van der Waals surface area (Å²) in [6.45, 7) is 7.36. The van der Waals surface area contributed by atoms with Gasteiger partial charge in [-0.15, -0.1) is 0 Å². The molecule has 0 amide bonds. The number of hydrogen-bond acceptors (Lipinski definition) is 4. The average molecular weight is 500 g/mol. The van der Waals surface area contributed by atoms with E-state index in [1.165, 1.54) is 25.7 Å². The minimum atomic E-state index is -3.54. The maximum atomic E-state index is 14.0. The van der Waals surface area contributed by atoms with Gasteiger partial charge in [-0.2, -0.15) is 17.0 Å². The summed E-state index contributed by atoms with van der Waals surface area (Å²) >= 11 is 0. The zero-order valence-corrected chi connectivity index (χ0v) is 22.1. The second-order valence-electron chi connectivity index (χ2n) is 11.6. The van der Waals surface area contributed by atoms with Crippen LogP contribution in [0.1, 0.15) is 76.5 Å². The molecule has 1 atom stereocenters. The Morgan fingerprint density at radius 1 is 1.06 bits per heavy atom. The van der Waals surface area contributed by atoms with E-state index in [9.17, 15) is 8.42 Å². The van der Waals surface area contributed by atoms with Gasteiger partial charge in [-0.05, 0) is 48.6 Å². The molecule has 5 rings (SSSR count). The normalized spacial score (nSPS) is 24.4. The Balaban J connectivity index is 1.45. The van der Waals surface area contributed by atoms with E-state index >= 15 is 0 Å². The molecule has 2 aromatic rings. The number of rotatable bonds is 7. The van der Waals surface area contributed by atoms with Crippen molar-refractivity contribution in [3.63, 3.8) is 0 Å². The van der Waals surface area contributed by atoms with Crippen LogP contribution in [0.4, 0.5) is 5.69 Å². The van der Waals surface area contributed by atoms with Crippen molar-refractivity contribution in [1.82, 2.24) is 18.6 Å². The van der Waals surface area contributed by atoms with Crippen molar-refractivity contribution < 1.29 is 8.42 Å². The van der Waals surface area contributed by atoms with Crippen LogP contribution in [-0.4, -0.2) is 52.7 Å². The highest BCUT2D eigenvalue weighted by Crippen LogP contribution is 2.37. The predicted molar refractivity (Wildman–Crippen MR) is 140 cm³/mol. The van der Waals surface area contributed by atoms with E-state index in [-0.39, 0.29) is 11.5 Å². The van der Waals surface area contributed by atoms with Gasteiger partial charge >= 0.3 is 0 Å². The number of hydrogen-bond donors (Lipinski definition) is 1. The molecule has 2 aliphatic heterocycles. The number of anilines is 1. The van der Waals surface area contributed by atoms with Crippen LogP contribution in [0.5, 0.6) is 0 Å². The van der Waals surface area contributed by atoms with Gasteiger partial charge in [0.15, 0.2) is 0 Å². The topological polar surface area (TPSA) is 72.5 Å². The monoisotopic (exact) mass is 499 g/mol. The van der Waals surface area contributed by atoms with Crippen molar-refractivity contribution in [3.8, 4) is 0 Å². The summed E-state index contributed by atoms with van der Waals surface area (Å²) in [5.74, 6) is 0.775. The van der Waals surface area contributed by atoms with E-state index in [0.717, 1.165) is 48.5 Å². The van der Waals surface area contributed by atoms with E-state index in [0.29, 0.717) is 32.7 Å². The van der Waals surface area contributed by atoms with Crippen LogP contribution >= 0.6 is 0 Å². The fraction of sp³-hybridized carbons (Fsp3) is 0.667. The molecule has 1 aliphatic carbocycles. The highest BCUT2D eigenvalue weighted by atomic mass is 32.2. The average Bonchev–Trinajstić information content (AvgIpc) is 3.51. The largest absolute Gasteiger partial charge is 0.361 e. The molecule has 3 heterocycles. The van der Waals surface area contributed by atoms with Gasteiger partial charge in [0, 0.05) is 44.1 Å². The molecule has 2 fully saturated rings. The molecule has 0 radical (unpaired) electrons. The summed E-state index contributed by atoms with van der Waals surface area (Å²) in [5, 5.41) is 0. The van der Waals surface area contributed by atoms with E-state index in [1.54, 1.807) is 14.9 Å². The van der Waals surface area contributed by atoms with Crippen LogP contribution in [0, 0.1) is 11.3 Å². The van der Waals surface area contributed by atoms with Crippen LogP contribution in [0.15, 0.2) is 36.8 Å². The third-order valence-electron chi connectivity index (χ3n) is 8.51. The molecule has 1 aromatic heterocycles. The molecule has 1 saturated carbocycles. The Morgan fingerprint density at radius 3 is 2.51 bits per heavy atom. The number of aromatic amines is 1. The number of piperidine rings is 1. The number of nitrogens with zero attached hydrogens (tertiary/aromatic N) is 4. The molecule has 1 saturated heterocycles. The number of H-pyrrole nitrogens is 1. The number of benzene rings is 1. The van der Waals surface area contributed by atoms with Gasteiger partial charge in [0.1, 0.15) is 0 Å². The first-order valence-electron chi connectivity index (χ1n) is 13.4. The quantitative estimate of drug-likeness (QED) is 0.586. The summed E-state index contributed by atoms with van der Waals surface area (Å²) in [7, 11) is -3.54. The fourth-order valence-corrected chi connectivity index (χ4v) is 7.75. The molecule has 35 heavy (non-hydrogen) atoms. The second kappa shape index (κ2) is 10.2. The Morgan fingerprint density at radius 2 is 1.80 bits per heavy atom. The lowest BCUT2D eigenvalue weighted by Gasteiger charge is -2.39. The minimum absolute atomic E-state index is 0.124. The molecule has 7 nitrogen and oxygen atoms in total. The Hall–Kier alpha value is -1.90. The first kappa shape index (κ1) is 24.8. The van der Waals surface area contributed by atoms with Crippen molar-refractivity contribution in [1.29, 1.82) is 0 Å². The lowest BCUT2D eigenvalue weighted by molar-refractivity contribution is 0.185. The van der Waals surface area contributed by atoms with Gasteiger partial charge in [-0.1, -0.05) is 57.7 Å². The van der Waals surface area contributed by atoms with Gasteiger partial charge in [0.25, 0.3) is 10.2 Å². The molecule has 0 bridgehead atoms. The van der Waals surface area contributed by atoms with Crippen molar-refractivity contribution in [2.45, 2.75) is 84.3 Å². The highest BCUT2D eigenvalue weighted by molar-refractivity contribution is 7.86. The lowest BCUT2D eigenvalue weighted by Crippen LogP contribution is -2.51. The van der Waals surface area contributed by atoms with Crippen LogP contribution in [0.2, 0.25) is 0 Å². The van der Waals surface area contributed by atoms with Crippen LogP contribution in [0.3, 0.4) is 0 Å². The maximum Gasteiger partial charge on any atom is 0.282 e. The molecule has 192 valence electrons. The fourth-order valence-electron chi connectivity index (χ4n) is 6.11. The zero-order chi connectivity index (χ0) is 24.5. The molecule has 1 aromatic carbocycles. The minimum Gasteiger partial charge on any atom is -0.361 e. The maximum absolute atomic E-state index is 14.0. The van der Waals surface area contributed by atoms with Crippen LogP contribution in [-0.2, 0) is 23.3 Å². The number of para-hydroxylation sites is 1. The number of imidazole rings is 1. The second-order valence-corrected chi connectivity index (χ2v) is 13.5. The summed E-state index contributed by atoms with van der Waals surface area (Å²) < 4.78 is 31.4. The van der Waals surface area contributed by atoms with Gasteiger partial charge in [0.2, 0.25) is 0 Å². The molecule has 3 aliphatic rings. The van der Waals surface area contributed by atoms with E-state index in [2.05, 4.69) is 46.9 Å². The zero-order valence-electron chi connectivity index (χ0n) is 21.3. The molecule has 8 heteroatoms. The lowest BCUT2D eigenvalue weighted by atomic mass is 9.83. The summed E-state index contributed by atoms with van der Waals surface area (Å²) in [6, 6.07) is 8.48. The predicted octanol–water partition coefficient (Wildman–Crippen LogP) is 4.94. The molecule has 1 N–H and O–H groups in total. The van der Waals surface area contributed by atoms with E-state index in [1.807, 2.05) is 12.3 Å². The van der Waals surface area contributed by atoms with Gasteiger partial charge in [-0.25, -0.2) is 4.98 Å². The summed E-state index contributed by atoms with van der Waals surface area (Å²) in [6.07, 6.45) is 12.9. The number of nitrogens with one attached hydrogen (secondary N) is 1. The SMILES string of the molecule is CC1(C)CCN(S(=O)(=O)N2Cc3ccccc3N(Cc3cnc[nH]3)[C@@H](CCC3CCCC3)C2)CC1. The third kappa shape index (κ3) is 5.59. The highest BCUT2D eigenvalue weighted by Gasteiger charge is 2.39. The number of fused-ring (bicyclic) bond motifs is 1. The molecule has 0 unspecified atom stereocenters. The van der Waals surface area contributed by atoms with Crippen molar-refractivity contribution >= 4 is 15.9 Å². The van der Waals surface area contributed by atoms with Crippen molar-refractivity contribution in [2.75, 3.05) is 24.5 Å². The van der Waals surface area contributed by atoms with Crippen molar-refractivity contribution in [3.05, 3.63) is 48.0 Å². The van der Waals surface area contributed by atoms with E-state index < -0.39 is 10.2 Å². The van der Waals surface area contributed by atoms with Crippen molar-refractivity contribution in [2.24, 2.45) is 11.3 Å². The van der Waals surface area contributed by atoms with Gasteiger partial charge in [-0.3, -0.25) is 0 Å². The Kier molecular flexibility index (Phi) is 7.24. The standard InChI is InChI=1S/C27H41N5O2S/c1-27(2)13-15-30(16-14-27)35(33,34)31-18-23-9-5-6-10-26(23)32(19-24-17-28-21-29-24)25(20-31)12-11-22-7-3-4-8-22/h5-6,9-10,17,21-22,25H,3-4,7-8,11-16,18-20H2,1-2H3,(H,28,29)/t25-/m0/s1. The summed E-state index contributed by atoms with van der Waals surface area (Å²) in [5.41, 5.74) is 3.50. The first-order chi connectivity index (χ1) is 16.8. The molecule has 0 spiro atoms. The van der Waals surface area contributed by atoms with Gasteiger partial charge in [0.05, 0.1) is 18.6 Å². The van der Waals surface area contributed by atoms with Crippen LogP contribution in [0.25, 0.3) is 0 Å². The first-order valence-corrected chi connectivity index (χ1v) is 14.8. The third-order valence-corrected chi connectivity index (χ3v) is 10.5. The van der Waals surface area contributed by atoms with Crippen LogP contribution < -0.4 is 4.90 Å². The molecular formula is C27H41N5O2S. The van der Waals surface area contributed by atoms with Gasteiger partial charge < -0.3 is 9.88 Å². The smallest absolute Gasteiger partial charge is 0.282 e. The Labute approximate surface area is 211 Å². The number of aromatic nitrogens is 2. The Bertz CT molecular complexity index is 1070. The van der Waals surface area contributed by atoms with E-state index in [4.69, 9.17) is 0 Å². The summed E-state index contributed by atoms with van der Waals surface area (Å²) in [4.78, 5) is 9.93.